The van der Waals surface area contributed by atoms with E-state index >= 15 is 0 Å². The highest BCUT2D eigenvalue weighted by molar-refractivity contribution is 7.97. The van der Waals surface area contributed by atoms with E-state index in [0.717, 1.165) is 11.3 Å². The first-order chi connectivity index (χ1) is 5.22. The van der Waals surface area contributed by atoms with Crippen molar-refractivity contribution in [3.05, 3.63) is 28.0 Å². The third kappa shape index (κ3) is 2.89. The van der Waals surface area contributed by atoms with Gasteiger partial charge in [-0.15, -0.1) is 0 Å². The van der Waals surface area contributed by atoms with Gasteiger partial charge in [-0.05, 0) is 24.0 Å². The summed E-state index contributed by atoms with van der Waals surface area (Å²) in [6.07, 6.45) is 2.03. The van der Waals surface area contributed by atoms with Crippen LogP contribution in [0.5, 0.6) is 0 Å². The van der Waals surface area contributed by atoms with Crippen molar-refractivity contribution >= 4 is 35.0 Å². The summed E-state index contributed by atoms with van der Waals surface area (Å²) in [5, 5.41) is 0.920. The maximum atomic E-state index is 5.68. The molecule has 0 fully saturated rings. The van der Waals surface area contributed by atoms with E-state index in [4.69, 9.17) is 23.2 Å². The first-order valence-corrected chi connectivity index (χ1v) is 5.18. The number of halogens is 2. The Morgan fingerprint density at radius 1 is 1.36 bits per heavy atom. The highest BCUT2D eigenvalue weighted by Gasteiger charge is 1.97. The molecule has 0 unspecified atom stereocenters. The summed E-state index contributed by atoms with van der Waals surface area (Å²) in [5.74, 6) is 0.919. The largest absolute Gasteiger partial charge is 0.224 e. The maximum Gasteiger partial charge on any atom is 0.131 e. The van der Waals surface area contributed by atoms with Gasteiger partial charge in [-0.2, -0.15) is 11.8 Å². The number of pyridine rings is 1. The third-order valence-corrected chi connectivity index (χ3v) is 2.14. The van der Waals surface area contributed by atoms with Gasteiger partial charge in [-0.25, -0.2) is 4.98 Å². The molecule has 1 aromatic heterocycles. The molecule has 60 valence electrons. The molecule has 0 radical (unpaired) electrons. The molecule has 1 aromatic rings. The minimum Gasteiger partial charge on any atom is -0.224 e. The molecule has 0 aromatic carbocycles. The summed E-state index contributed by atoms with van der Waals surface area (Å²) in [4.78, 5) is 3.84. The van der Waals surface area contributed by atoms with E-state index in [9.17, 15) is 0 Å². The zero-order valence-corrected chi connectivity index (χ0v) is 8.30. The topological polar surface area (TPSA) is 12.9 Å². The monoisotopic (exact) mass is 207 g/mol. The normalized spacial score (nSPS) is 10.1. The molecule has 0 bridgehead atoms. The van der Waals surface area contributed by atoms with Crippen LogP contribution >= 0.6 is 35.0 Å². The van der Waals surface area contributed by atoms with Gasteiger partial charge in [-0.3, -0.25) is 0 Å². The van der Waals surface area contributed by atoms with Gasteiger partial charge in [-0.1, -0.05) is 23.2 Å². The van der Waals surface area contributed by atoms with Crippen LogP contribution in [0.25, 0.3) is 0 Å². The van der Waals surface area contributed by atoms with Crippen LogP contribution in [0.3, 0.4) is 0 Å². The van der Waals surface area contributed by atoms with E-state index < -0.39 is 0 Å². The Bertz CT molecular complexity index is 232. The number of hydrogen-bond donors (Lipinski definition) is 0. The lowest BCUT2D eigenvalue weighted by Crippen LogP contribution is -1.83. The Labute approximate surface area is 80.1 Å². The smallest absolute Gasteiger partial charge is 0.131 e. The van der Waals surface area contributed by atoms with Gasteiger partial charge in [0.15, 0.2) is 0 Å². The van der Waals surface area contributed by atoms with E-state index in [2.05, 4.69) is 4.98 Å². The highest BCUT2D eigenvalue weighted by Crippen LogP contribution is 2.17. The molecule has 0 aliphatic carbocycles. The van der Waals surface area contributed by atoms with Crippen molar-refractivity contribution in [2.75, 3.05) is 6.26 Å². The first-order valence-electron chi connectivity index (χ1n) is 3.03. The standard InChI is InChI=1S/C7H7Cl2NS/c1-11-4-5-2-6(8)10-7(9)3-5/h2-3H,4H2,1H3. The van der Waals surface area contributed by atoms with Crippen LogP contribution in [0.2, 0.25) is 10.3 Å². The number of nitrogens with zero attached hydrogens (tertiary/aromatic N) is 1. The Hall–Kier alpha value is 0.0800. The van der Waals surface area contributed by atoms with E-state index in [1.165, 1.54) is 0 Å². The fraction of sp³-hybridized carbons (Fsp3) is 0.286. The number of aromatic nitrogens is 1. The van der Waals surface area contributed by atoms with Crippen molar-refractivity contribution in [1.82, 2.24) is 4.98 Å². The minimum absolute atomic E-state index is 0.460. The molecule has 0 spiro atoms. The van der Waals surface area contributed by atoms with Gasteiger partial charge in [0.2, 0.25) is 0 Å². The van der Waals surface area contributed by atoms with Gasteiger partial charge in [0.1, 0.15) is 10.3 Å². The maximum absolute atomic E-state index is 5.68. The second-order valence-electron chi connectivity index (χ2n) is 2.05. The summed E-state index contributed by atoms with van der Waals surface area (Å²) in [7, 11) is 0. The van der Waals surface area contributed by atoms with Crippen molar-refractivity contribution in [2.24, 2.45) is 0 Å². The van der Waals surface area contributed by atoms with Crippen molar-refractivity contribution in [1.29, 1.82) is 0 Å². The average molecular weight is 208 g/mol. The fourth-order valence-electron chi connectivity index (χ4n) is 0.764. The summed E-state index contributed by atoms with van der Waals surface area (Å²) in [5.41, 5.74) is 1.11. The van der Waals surface area contributed by atoms with E-state index in [1.54, 1.807) is 11.8 Å². The molecular weight excluding hydrogens is 201 g/mol. The molecule has 0 aliphatic rings. The molecule has 0 N–H and O–H groups in total. The van der Waals surface area contributed by atoms with Gasteiger partial charge in [0, 0.05) is 5.75 Å². The van der Waals surface area contributed by atoms with Crippen molar-refractivity contribution in [2.45, 2.75) is 5.75 Å². The van der Waals surface area contributed by atoms with Crippen LogP contribution < -0.4 is 0 Å². The second kappa shape index (κ2) is 4.19. The van der Waals surface area contributed by atoms with Crippen molar-refractivity contribution < 1.29 is 0 Å². The Morgan fingerprint density at radius 2 is 1.91 bits per heavy atom. The van der Waals surface area contributed by atoms with Crippen LogP contribution in [0, 0.1) is 0 Å². The molecule has 0 saturated heterocycles. The molecule has 0 amide bonds. The fourth-order valence-corrected chi connectivity index (χ4v) is 1.77. The SMILES string of the molecule is CSCc1cc(Cl)nc(Cl)c1. The van der Waals surface area contributed by atoms with Gasteiger partial charge in [0.25, 0.3) is 0 Å². The number of hydrogen-bond acceptors (Lipinski definition) is 2. The molecule has 1 nitrogen and oxygen atoms in total. The van der Waals surface area contributed by atoms with Crippen molar-refractivity contribution in [3.8, 4) is 0 Å². The molecule has 0 saturated carbocycles. The summed E-state index contributed by atoms with van der Waals surface area (Å²) in [6, 6.07) is 3.65. The Morgan fingerprint density at radius 3 is 2.36 bits per heavy atom. The number of rotatable bonds is 2. The summed E-state index contributed by atoms with van der Waals surface area (Å²) in [6.45, 7) is 0. The zero-order chi connectivity index (χ0) is 8.27. The predicted molar refractivity (Wildman–Crippen MR) is 51.5 cm³/mol. The first kappa shape index (κ1) is 9.17. The van der Waals surface area contributed by atoms with Crippen molar-refractivity contribution in [3.63, 3.8) is 0 Å². The second-order valence-corrected chi connectivity index (χ2v) is 3.69. The van der Waals surface area contributed by atoms with Crippen LogP contribution in [0.4, 0.5) is 0 Å². The van der Waals surface area contributed by atoms with Crippen LogP contribution in [-0.4, -0.2) is 11.2 Å². The average Bonchev–Trinajstić information content (AvgIpc) is 1.85. The van der Waals surface area contributed by atoms with E-state index in [-0.39, 0.29) is 0 Å². The zero-order valence-electron chi connectivity index (χ0n) is 5.97. The quantitative estimate of drug-likeness (QED) is 0.692. The van der Waals surface area contributed by atoms with Crippen LogP contribution in [-0.2, 0) is 5.75 Å². The molecule has 4 heteroatoms. The Kier molecular flexibility index (Phi) is 3.49. The van der Waals surface area contributed by atoms with Crippen LogP contribution in [0.1, 0.15) is 5.56 Å². The van der Waals surface area contributed by atoms with E-state index in [1.807, 2.05) is 18.4 Å². The van der Waals surface area contributed by atoms with E-state index in [0.29, 0.717) is 10.3 Å². The molecule has 0 atom stereocenters. The molecule has 11 heavy (non-hydrogen) atoms. The third-order valence-electron chi connectivity index (χ3n) is 1.13. The van der Waals surface area contributed by atoms with Crippen LogP contribution in [0.15, 0.2) is 12.1 Å². The summed E-state index contributed by atoms with van der Waals surface area (Å²) >= 11 is 13.1. The Balaban J connectivity index is 2.89. The highest BCUT2D eigenvalue weighted by atomic mass is 35.5. The molecule has 0 aliphatic heterocycles. The van der Waals surface area contributed by atoms with Gasteiger partial charge < -0.3 is 0 Å². The predicted octanol–water partition coefficient (Wildman–Crippen LogP) is 3.25. The molecule has 1 heterocycles. The lowest BCUT2D eigenvalue weighted by atomic mass is 10.3. The summed E-state index contributed by atoms with van der Waals surface area (Å²) < 4.78 is 0. The lowest BCUT2D eigenvalue weighted by molar-refractivity contribution is 1.27. The molecule has 1 rings (SSSR count). The minimum atomic E-state index is 0.460. The lowest BCUT2D eigenvalue weighted by Gasteiger charge is -1.98. The van der Waals surface area contributed by atoms with Gasteiger partial charge in [0.05, 0.1) is 0 Å². The molecular formula is C7H7Cl2NS. The number of thioether (sulfide) groups is 1. The van der Waals surface area contributed by atoms with Gasteiger partial charge >= 0.3 is 0 Å².